The third kappa shape index (κ3) is 4.84. The number of aryl methyl sites for hydroxylation is 2. The van der Waals surface area contributed by atoms with Gasteiger partial charge in [-0.2, -0.15) is 13.2 Å². The average molecular weight is 524 g/mol. The normalized spacial score (nSPS) is 11.7. The summed E-state index contributed by atoms with van der Waals surface area (Å²) < 4.78 is 40.5. The maximum absolute atomic E-state index is 13.4. The van der Waals surface area contributed by atoms with Gasteiger partial charge in [-0.05, 0) is 49.7 Å². The number of nitrogens with one attached hydrogen (secondary N) is 1. The fourth-order valence-electron chi connectivity index (χ4n) is 3.29. The molecule has 0 atom stereocenters. The number of hydrogen-bond donors (Lipinski definition) is 1. The highest BCUT2D eigenvalue weighted by Gasteiger charge is 2.31. The lowest BCUT2D eigenvalue weighted by atomic mass is 10.2. The molecular weight excluding hydrogens is 507 g/mol. The van der Waals surface area contributed by atoms with Crippen LogP contribution in [0.5, 0.6) is 0 Å². The lowest BCUT2D eigenvalue weighted by molar-refractivity contribution is -0.137. The Balaban J connectivity index is 1.65. The number of anilines is 1. The third-order valence-corrected chi connectivity index (χ3v) is 7.46. The number of para-hydroxylation sites is 1. The van der Waals surface area contributed by atoms with Crippen LogP contribution in [0.4, 0.5) is 18.9 Å². The zero-order valence-corrected chi connectivity index (χ0v) is 20.3. The minimum absolute atomic E-state index is 0.0170. The fourth-order valence-corrected chi connectivity index (χ4v) is 5.34. The molecule has 0 aliphatic rings. The number of alkyl halides is 3. The lowest BCUT2D eigenvalue weighted by Crippen LogP contribution is -2.23. The molecule has 0 fully saturated rings. The van der Waals surface area contributed by atoms with Gasteiger partial charge in [0.15, 0.2) is 5.16 Å². The van der Waals surface area contributed by atoms with Crippen LogP contribution in [-0.4, -0.2) is 21.2 Å². The summed E-state index contributed by atoms with van der Waals surface area (Å²) in [6.45, 7) is 3.78. The molecule has 0 saturated heterocycles. The quantitative estimate of drug-likeness (QED) is 0.241. The summed E-state index contributed by atoms with van der Waals surface area (Å²) in [6.07, 6.45) is -4.57. The van der Waals surface area contributed by atoms with E-state index in [4.69, 9.17) is 11.6 Å². The van der Waals surface area contributed by atoms with E-state index in [0.29, 0.717) is 21.1 Å². The van der Waals surface area contributed by atoms with Crippen LogP contribution in [0.3, 0.4) is 0 Å². The molecule has 2 aromatic heterocycles. The molecule has 4 rings (SSSR count). The summed E-state index contributed by atoms with van der Waals surface area (Å²) in [6, 6.07) is 11.6. The van der Waals surface area contributed by atoms with Crippen LogP contribution in [0.1, 0.15) is 16.0 Å². The summed E-state index contributed by atoms with van der Waals surface area (Å²) in [5, 5.41) is 3.22. The third-order valence-electron chi connectivity index (χ3n) is 5.09. The highest BCUT2D eigenvalue weighted by Crippen LogP contribution is 2.34. The SMILES string of the molecule is Cc1sc2nc(SCC(=O)Nc3cc(C(F)(F)F)ccc3Cl)n(-c3ccccc3)c(=O)c2c1C. The van der Waals surface area contributed by atoms with Crippen molar-refractivity contribution in [1.29, 1.82) is 0 Å². The smallest absolute Gasteiger partial charge is 0.324 e. The maximum atomic E-state index is 13.4. The van der Waals surface area contributed by atoms with Gasteiger partial charge in [0.1, 0.15) is 4.83 Å². The van der Waals surface area contributed by atoms with Crippen molar-refractivity contribution in [3.63, 3.8) is 0 Å². The van der Waals surface area contributed by atoms with E-state index in [9.17, 15) is 22.8 Å². The first-order valence-electron chi connectivity index (χ1n) is 9.94. The topological polar surface area (TPSA) is 64.0 Å². The Morgan fingerprint density at radius 1 is 1.18 bits per heavy atom. The minimum Gasteiger partial charge on any atom is -0.324 e. The molecule has 2 aromatic carbocycles. The van der Waals surface area contributed by atoms with Gasteiger partial charge < -0.3 is 5.32 Å². The van der Waals surface area contributed by atoms with E-state index in [1.54, 1.807) is 24.3 Å². The zero-order valence-electron chi connectivity index (χ0n) is 17.9. The van der Waals surface area contributed by atoms with E-state index in [0.717, 1.165) is 40.4 Å². The second-order valence-electron chi connectivity index (χ2n) is 7.36. The van der Waals surface area contributed by atoms with Gasteiger partial charge in [0.05, 0.1) is 33.1 Å². The standard InChI is InChI=1S/C23H17ClF3N3O2S2/c1-12-13(2)34-20-19(12)21(32)30(15-6-4-3-5-7-15)22(29-20)33-11-18(31)28-17-10-14(23(25,26)27)8-9-16(17)24/h3-10H,11H2,1-2H3,(H,28,31). The van der Waals surface area contributed by atoms with E-state index in [1.165, 1.54) is 15.9 Å². The van der Waals surface area contributed by atoms with Gasteiger partial charge in [-0.3, -0.25) is 14.2 Å². The van der Waals surface area contributed by atoms with E-state index >= 15 is 0 Å². The number of thiophene rings is 1. The zero-order chi connectivity index (χ0) is 24.6. The lowest BCUT2D eigenvalue weighted by Gasteiger charge is -2.13. The molecule has 0 aliphatic heterocycles. The molecule has 34 heavy (non-hydrogen) atoms. The van der Waals surface area contributed by atoms with Gasteiger partial charge in [0, 0.05) is 4.88 Å². The Morgan fingerprint density at radius 3 is 2.56 bits per heavy atom. The Morgan fingerprint density at radius 2 is 1.88 bits per heavy atom. The number of hydrogen-bond acceptors (Lipinski definition) is 5. The highest BCUT2D eigenvalue weighted by atomic mass is 35.5. The molecule has 4 aromatic rings. The molecule has 0 bridgehead atoms. The predicted molar refractivity (Wildman–Crippen MR) is 130 cm³/mol. The van der Waals surface area contributed by atoms with Gasteiger partial charge in [-0.15, -0.1) is 11.3 Å². The van der Waals surface area contributed by atoms with E-state index < -0.39 is 17.6 Å². The van der Waals surface area contributed by atoms with Gasteiger partial charge in [-0.25, -0.2) is 4.98 Å². The first-order chi connectivity index (χ1) is 16.1. The fraction of sp³-hybridized carbons (Fsp3) is 0.174. The van der Waals surface area contributed by atoms with E-state index in [-0.39, 0.29) is 22.0 Å². The second-order valence-corrected chi connectivity index (χ2v) is 9.92. The van der Waals surface area contributed by atoms with Crippen LogP contribution < -0.4 is 10.9 Å². The Hall–Kier alpha value is -2.82. The van der Waals surface area contributed by atoms with Crippen molar-refractivity contribution < 1.29 is 18.0 Å². The number of amides is 1. The van der Waals surface area contributed by atoms with Crippen LogP contribution in [0.2, 0.25) is 5.02 Å². The van der Waals surface area contributed by atoms with Gasteiger partial charge in [0.25, 0.3) is 5.56 Å². The molecular formula is C23H17ClF3N3O2S2. The van der Waals surface area contributed by atoms with Crippen LogP contribution in [0.15, 0.2) is 58.5 Å². The van der Waals surface area contributed by atoms with Crippen molar-refractivity contribution in [1.82, 2.24) is 9.55 Å². The van der Waals surface area contributed by atoms with E-state index in [2.05, 4.69) is 10.3 Å². The molecule has 1 amide bonds. The number of thioether (sulfide) groups is 1. The number of fused-ring (bicyclic) bond motifs is 1. The molecule has 0 radical (unpaired) electrons. The maximum Gasteiger partial charge on any atom is 0.416 e. The van der Waals surface area contributed by atoms with Gasteiger partial charge in [0.2, 0.25) is 5.91 Å². The number of carbonyl (C=O) groups excluding carboxylic acids is 1. The number of carbonyl (C=O) groups is 1. The van der Waals surface area contributed by atoms with Crippen molar-refractivity contribution in [2.75, 3.05) is 11.1 Å². The Labute approximate surface area is 205 Å². The van der Waals surface area contributed by atoms with Crippen molar-refractivity contribution >= 4 is 56.5 Å². The molecule has 2 heterocycles. The first kappa shape index (κ1) is 24.3. The van der Waals surface area contributed by atoms with Crippen molar-refractivity contribution in [3.8, 4) is 5.69 Å². The number of benzene rings is 2. The van der Waals surface area contributed by atoms with Crippen LogP contribution in [0, 0.1) is 13.8 Å². The van der Waals surface area contributed by atoms with Crippen LogP contribution >= 0.6 is 34.7 Å². The molecule has 176 valence electrons. The average Bonchev–Trinajstić information content (AvgIpc) is 3.07. The van der Waals surface area contributed by atoms with Crippen molar-refractivity contribution in [2.24, 2.45) is 0 Å². The second kappa shape index (κ2) is 9.44. The van der Waals surface area contributed by atoms with Crippen LogP contribution in [0.25, 0.3) is 15.9 Å². The first-order valence-corrected chi connectivity index (χ1v) is 12.1. The highest BCUT2D eigenvalue weighted by molar-refractivity contribution is 7.99. The summed E-state index contributed by atoms with van der Waals surface area (Å²) in [5.74, 6) is -0.778. The molecule has 0 unspecified atom stereocenters. The van der Waals surface area contributed by atoms with Crippen molar-refractivity contribution in [2.45, 2.75) is 25.2 Å². The van der Waals surface area contributed by atoms with Gasteiger partial charge in [-0.1, -0.05) is 41.6 Å². The molecule has 11 heteroatoms. The number of rotatable bonds is 5. The molecule has 0 aliphatic carbocycles. The summed E-state index contributed by atoms with van der Waals surface area (Å²) in [4.78, 5) is 32.1. The van der Waals surface area contributed by atoms with Crippen LogP contribution in [-0.2, 0) is 11.0 Å². The number of halogens is 4. The summed E-state index contributed by atoms with van der Waals surface area (Å²) in [5.41, 5.74) is 0.135. The summed E-state index contributed by atoms with van der Waals surface area (Å²) >= 11 is 8.37. The minimum atomic E-state index is -4.57. The predicted octanol–water partition coefficient (Wildman–Crippen LogP) is 6.47. The monoisotopic (exact) mass is 523 g/mol. The van der Waals surface area contributed by atoms with Gasteiger partial charge >= 0.3 is 6.18 Å². The number of aromatic nitrogens is 2. The largest absolute Gasteiger partial charge is 0.416 e. The Bertz CT molecular complexity index is 1450. The summed E-state index contributed by atoms with van der Waals surface area (Å²) in [7, 11) is 0. The molecule has 1 N–H and O–H groups in total. The van der Waals surface area contributed by atoms with Crippen molar-refractivity contribution in [3.05, 3.63) is 79.9 Å². The molecule has 0 saturated carbocycles. The molecule has 5 nitrogen and oxygen atoms in total. The Kier molecular flexibility index (Phi) is 6.75. The van der Waals surface area contributed by atoms with E-state index in [1.807, 2.05) is 19.9 Å². The number of nitrogens with zero attached hydrogens (tertiary/aromatic N) is 2. The molecule has 0 spiro atoms.